The van der Waals surface area contributed by atoms with Crippen molar-refractivity contribution in [3.05, 3.63) is 76.5 Å². The highest BCUT2D eigenvalue weighted by Gasteiger charge is 2.23. The van der Waals surface area contributed by atoms with Gasteiger partial charge in [-0.1, -0.05) is 30.3 Å². The Morgan fingerprint density at radius 2 is 1.86 bits per heavy atom. The number of nitrogens with one attached hydrogen (secondary N) is 1. The third kappa shape index (κ3) is 2.94. The van der Waals surface area contributed by atoms with Gasteiger partial charge >= 0.3 is 0 Å². The number of hydrogen-bond acceptors (Lipinski definition) is 3. The molecule has 0 fully saturated rings. The Balaban J connectivity index is 1.74. The average Bonchev–Trinajstić information content (AvgIpc) is 3.04. The second-order valence-electron chi connectivity index (χ2n) is 6.74. The second-order valence-corrected chi connectivity index (χ2v) is 6.74. The number of nitrogens with zero attached hydrogens (tertiary/aromatic N) is 3. The van der Waals surface area contributed by atoms with Gasteiger partial charge in [0, 0.05) is 24.4 Å². The Hall–Kier alpha value is -3.48. The van der Waals surface area contributed by atoms with E-state index in [-0.39, 0.29) is 23.8 Å². The summed E-state index contributed by atoms with van der Waals surface area (Å²) in [7, 11) is 1.59. The SMILES string of the molecule is C[C@H](C(=O)NCc1ccc(F)cc1)n1c2ccccc2c2cnn(C)c(=O)c21. The van der Waals surface area contributed by atoms with Gasteiger partial charge in [0.25, 0.3) is 5.56 Å². The summed E-state index contributed by atoms with van der Waals surface area (Å²) in [5.74, 6) is -0.552. The topological polar surface area (TPSA) is 68.9 Å². The van der Waals surface area contributed by atoms with E-state index in [1.54, 1.807) is 36.9 Å². The van der Waals surface area contributed by atoms with Crippen LogP contribution in [0.2, 0.25) is 0 Å². The summed E-state index contributed by atoms with van der Waals surface area (Å²) in [5.41, 5.74) is 1.78. The van der Waals surface area contributed by atoms with Crippen LogP contribution in [0.3, 0.4) is 0 Å². The molecular weight excluding hydrogens is 359 g/mol. The zero-order chi connectivity index (χ0) is 19.8. The van der Waals surface area contributed by atoms with Crippen LogP contribution in [0.5, 0.6) is 0 Å². The first-order valence-electron chi connectivity index (χ1n) is 8.94. The summed E-state index contributed by atoms with van der Waals surface area (Å²) >= 11 is 0. The Morgan fingerprint density at radius 1 is 1.14 bits per heavy atom. The molecule has 0 aliphatic carbocycles. The number of carbonyl (C=O) groups excluding carboxylic acids is 1. The van der Waals surface area contributed by atoms with Crippen LogP contribution in [-0.2, 0) is 18.4 Å². The summed E-state index contributed by atoms with van der Waals surface area (Å²) in [6.45, 7) is 2.03. The normalized spacial score (nSPS) is 12.4. The number of hydrogen-bond donors (Lipinski definition) is 1. The molecule has 0 saturated heterocycles. The lowest BCUT2D eigenvalue weighted by molar-refractivity contribution is -0.123. The fraction of sp³-hybridized carbons (Fsp3) is 0.190. The molecule has 7 heteroatoms. The molecule has 0 bridgehead atoms. The number of halogens is 1. The maximum Gasteiger partial charge on any atom is 0.291 e. The van der Waals surface area contributed by atoms with Gasteiger partial charge in [-0.3, -0.25) is 9.59 Å². The van der Waals surface area contributed by atoms with E-state index in [9.17, 15) is 14.0 Å². The second kappa shape index (κ2) is 6.92. The molecule has 0 unspecified atom stereocenters. The van der Waals surface area contributed by atoms with E-state index in [0.29, 0.717) is 5.52 Å². The van der Waals surface area contributed by atoms with Crippen LogP contribution >= 0.6 is 0 Å². The van der Waals surface area contributed by atoms with Gasteiger partial charge in [-0.05, 0) is 30.7 Å². The van der Waals surface area contributed by atoms with Crippen molar-refractivity contribution >= 4 is 27.7 Å². The molecule has 0 spiro atoms. The molecule has 1 atom stereocenters. The molecule has 0 radical (unpaired) electrons. The molecule has 2 heterocycles. The Morgan fingerprint density at radius 3 is 2.61 bits per heavy atom. The lowest BCUT2D eigenvalue weighted by Gasteiger charge is -2.16. The van der Waals surface area contributed by atoms with Gasteiger partial charge in [0.15, 0.2) is 0 Å². The van der Waals surface area contributed by atoms with Crippen molar-refractivity contribution in [2.75, 3.05) is 0 Å². The predicted octanol–water partition coefficient (Wildman–Crippen LogP) is 2.90. The highest BCUT2D eigenvalue weighted by molar-refractivity contribution is 6.08. The lowest BCUT2D eigenvalue weighted by Crippen LogP contribution is -2.32. The molecule has 1 amide bonds. The number of fused-ring (bicyclic) bond motifs is 3. The van der Waals surface area contributed by atoms with E-state index < -0.39 is 6.04 Å². The number of aromatic nitrogens is 3. The number of aryl methyl sites for hydroxylation is 1. The highest BCUT2D eigenvalue weighted by atomic mass is 19.1. The Labute approximate surface area is 160 Å². The Kier molecular flexibility index (Phi) is 4.43. The first-order chi connectivity index (χ1) is 13.5. The van der Waals surface area contributed by atoms with Crippen molar-refractivity contribution in [1.29, 1.82) is 0 Å². The van der Waals surface area contributed by atoms with E-state index in [4.69, 9.17) is 0 Å². The third-order valence-corrected chi connectivity index (χ3v) is 4.95. The highest BCUT2D eigenvalue weighted by Crippen LogP contribution is 2.29. The van der Waals surface area contributed by atoms with E-state index >= 15 is 0 Å². The monoisotopic (exact) mass is 378 g/mol. The zero-order valence-electron chi connectivity index (χ0n) is 15.5. The van der Waals surface area contributed by atoms with E-state index in [0.717, 1.165) is 21.9 Å². The summed E-state index contributed by atoms with van der Waals surface area (Å²) < 4.78 is 16.1. The molecule has 142 valence electrons. The van der Waals surface area contributed by atoms with Crippen LogP contribution in [0.1, 0.15) is 18.5 Å². The molecule has 2 aromatic heterocycles. The Bertz CT molecular complexity index is 1240. The minimum Gasteiger partial charge on any atom is -0.350 e. The van der Waals surface area contributed by atoms with Crippen LogP contribution in [0.25, 0.3) is 21.8 Å². The van der Waals surface area contributed by atoms with Gasteiger partial charge in [-0.25, -0.2) is 9.07 Å². The average molecular weight is 378 g/mol. The van der Waals surface area contributed by atoms with Crippen molar-refractivity contribution in [3.63, 3.8) is 0 Å². The minimum absolute atomic E-state index is 0.231. The van der Waals surface area contributed by atoms with Crippen LogP contribution in [0.15, 0.2) is 59.5 Å². The first kappa shape index (κ1) is 17.9. The molecule has 4 rings (SSSR count). The maximum atomic E-state index is 13.0. The van der Waals surface area contributed by atoms with E-state index in [1.807, 2.05) is 24.3 Å². The van der Waals surface area contributed by atoms with Gasteiger partial charge in [-0.2, -0.15) is 5.10 Å². The molecule has 0 saturated carbocycles. The minimum atomic E-state index is -0.613. The molecule has 2 aromatic carbocycles. The molecule has 6 nitrogen and oxygen atoms in total. The summed E-state index contributed by atoms with van der Waals surface area (Å²) in [6.07, 6.45) is 1.65. The quantitative estimate of drug-likeness (QED) is 0.594. The van der Waals surface area contributed by atoms with Crippen molar-refractivity contribution in [3.8, 4) is 0 Å². The van der Waals surface area contributed by atoms with Crippen LogP contribution < -0.4 is 10.9 Å². The first-order valence-corrected chi connectivity index (χ1v) is 8.94. The van der Waals surface area contributed by atoms with Gasteiger partial charge in [-0.15, -0.1) is 0 Å². The number of carbonyl (C=O) groups is 1. The standard InChI is InChI=1S/C21H19FN4O2/c1-13(20(27)23-11-14-7-9-15(22)10-8-14)26-18-6-4-3-5-16(18)17-12-24-25(2)21(28)19(17)26/h3-10,12-13H,11H2,1-2H3,(H,23,27)/t13-/m1/s1. The molecule has 0 aliphatic rings. The van der Waals surface area contributed by atoms with Crippen molar-refractivity contribution in [1.82, 2.24) is 19.7 Å². The zero-order valence-corrected chi connectivity index (χ0v) is 15.5. The maximum absolute atomic E-state index is 13.0. The lowest BCUT2D eigenvalue weighted by atomic mass is 10.2. The molecule has 0 aliphatic heterocycles. The van der Waals surface area contributed by atoms with E-state index in [1.165, 1.54) is 16.8 Å². The number of rotatable bonds is 4. The molecule has 4 aromatic rings. The van der Waals surface area contributed by atoms with Crippen molar-refractivity contribution in [2.45, 2.75) is 19.5 Å². The van der Waals surface area contributed by atoms with Crippen LogP contribution in [-0.4, -0.2) is 20.3 Å². The van der Waals surface area contributed by atoms with Crippen LogP contribution in [0, 0.1) is 5.82 Å². The number of para-hydroxylation sites is 1. The number of amides is 1. The van der Waals surface area contributed by atoms with Gasteiger partial charge < -0.3 is 9.88 Å². The summed E-state index contributed by atoms with van der Waals surface area (Å²) in [4.78, 5) is 25.6. The smallest absolute Gasteiger partial charge is 0.291 e. The fourth-order valence-electron chi connectivity index (χ4n) is 3.45. The summed E-state index contributed by atoms with van der Waals surface area (Å²) in [5, 5.41) is 8.58. The largest absolute Gasteiger partial charge is 0.350 e. The van der Waals surface area contributed by atoms with Crippen molar-refractivity contribution in [2.24, 2.45) is 7.05 Å². The summed E-state index contributed by atoms with van der Waals surface area (Å²) in [6, 6.07) is 12.9. The van der Waals surface area contributed by atoms with Gasteiger partial charge in [0.1, 0.15) is 17.4 Å². The predicted molar refractivity (Wildman–Crippen MR) is 105 cm³/mol. The van der Waals surface area contributed by atoms with Crippen LogP contribution in [0.4, 0.5) is 4.39 Å². The molecular formula is C21H19FN4O2. The van der Waals surface area contributed by atoms with Crippen molar-refractivity contribution < 1.29 is 9.18 Å². The van der Waals surface area contributed by atoms with Gasteiger partial charge in [0.2, 0.25) is 5.91 Å². The number of benzene rings is 2. The van der Waals surface area contributed by atoms with Gasteiger partial charge in [0.05, 0.1) is 11.7 Å². The molecule has 28 heavy (non-hydrogen) atoms. The fourth-order valence-corrected chi connectivity index (χ4v) is 3.45. The third-order valence-electron chi connectivity index (χ3n) is 4.95. The van der Waals surface area contributed by atoms with E-state index in [2.05, 4.69) is 10.4 Å². The molecule has 1 N–H and O–H groups in total.